The molecule has 0 bridgehead atoms. The van der Waals surface area contributed by atoms with Crippen molar-refractivity contribution < 1.29 is 19.1 Å². The van der Waals surface area contributed by atoms with Crippen molar-refractivity contribution in [2.75, 3.05) is 13.2 Å². The average Bonchev–Trinajstić information content (AvgIpc) is 2.82. The first-order valence-corrected chi connectivity index (χ1v) is 8.29. The lowest BCUT2D eigenvalue weighted by Crippen LogP contribution is -2.22. The number of nitrogens with one attached hydrogen (secondary N) is 2. The minimum atomic E-state index is -0.549. The fourth-order valence-electron chi connectivity index (χ4n) is 1.89. The van der Waals surface area contributed by atoms with Crippen LogP contribution in [0.2, 0.25) is 0 Å². The topological polar surface area (TPSA) is 76.7 Å². The standard InChI is InChI=1S/C15H14Br2N2O4/c1-3-5-23-13-10(22-4-2)7-8(11(16)12(13)17)6-9-14(20)19-15(21)18-9/h3,6-7H,1,4-5H2,2H3,(H2,18,19,20,21). The molecule has 1 saturated heterocycles. The number of carbonyl (C=O) groups excluding carboxylic acids is 2. The molecule has 0 saturated carbocycles. The number of carbonyl (C=O) groups is 2. The molecule has 1 heterocycles. The number of halogens is 2. The van der Waals surface area contributed by atoms with Gasteiger partial charge < -0.3 is 14.8 Å². The summed E-state index contributed by atoms with van der Waals surface area (Å²) >= 11 is 6.91. The van der Waals surface area contributed by atoms with E-state index in [2.05, 4.69) is 49.1 Å². The van der Waals surface area contributed by atoms with Crippen LogP contribution >= 0.6 is 31.9 Å². The number of benzene rings is 1. The van der Waals surface area contributed by atoms with Gasteiger partial charge in [0.1, 0.15) is 12.3 Å². The summed E-state index contributed by atoms with van der Waals surface area (Å²) in [7, 11) is 0. The minimum absolute atomic E-state index is 0.157. The zero-order valence-corrected chi connectivity index (χ0v) is 15.4. The number of urea groups is 1. The van der Waals surface area contributed by atoms with E-state index in [1.807, 2.05) is 6.92 Å². The van der Waals surface area contributed by atoms with Gasteiger partial charge in [0, 0.05) is 4.47 Å². The van der Waals surface area contributed by atoms with Crippen LogP contribution in [-0.2, 0) is 4.79 Å². The molecule has 0 radical (unpaired) electrons. The second-order valence-electron chi connectivity index (χ2n) is 4.42. The second-order valence-corrected chi connectivity index (χ2v) is 6.01. The van der Waals surface area contributed by atoms with Crippen molar-refractivity contribution >= 4 is 49.9 Å². The largest absolute Gasteiger partial charge is 0.490 e. The van der Waals surface area contributed by atoms with Crippen LogP contribution in [0.4, 0.5) is 4.79 Å². The van der Waals surface area contributed by atoms with Gasteiger partial charge in [0.2, 0.25) is 0 Å². The van der Waals surface area contributed by atoms with E-state index in [4.69, 9.17) is 9.47 Å². The van der Waals surface area contributed by atoms with E-state index in [-0.39, 0.29) is 5.70 Å². The van der Waals surface area contributed by atoms with E-state index in [1.165, 1.54) is 0 Å². The summed E-state index contributed by atoms with van der Waals surface area (Å²) in [6.45, 7) is 6.25. The van der Waals surface area contributed by atoms with Crippen molar-refractivity contribution in [3.8, 4) is 11.5 Å². The Morgan fingerprint density at radius 3 is 2.52 bits per heavy atom. The molecule has 1 fully saturated rings. The van der Waals surface area contributed by atoms with Gasteiger partial charge >= 0.3 is 6.03 Å². The van der Waals surface area contributed by atoms with E-state index in [0.717, 1.165) is 0 Å². The third kappa shape index (κ3) is 3.94. The Morgan fingerprint density at radius 2 is 1.96 bits per heavy atom. The highest BCUT2D eigenvalue weighted by Gasteiger charge is 2.24. The molecule has 3 amide bonds. The highest BCUT2D eigenvalue weighted by atomic mass is 79.9. The van der Waals surface area contributed by atoms with Gasteiger partial charge in [0.05, 0.1) is 11.1 Å². The Morgan fingerprint density at radius 1 is 1.22 bits per heavy atom. The van der Waals surface area contributed by atoms with Crippen molar-refractivity contribution in [1.29, 1.82) is 0 Å². The molecule has 2 rings (SSSR count). The SMILES string of the molecule is C=CCOc1c(OCC)cc(C=C2NC(=O)NC2=O)c(Br)c1Br. The fourth-order valence-corrected chi connectivity index (χ4v) is 2.83. The Kier molecular flexibility index (Phi) is 5.84. The highest BCUT2D eigenvalue weighted by molar-refractivity contribution is 9.13. The highest BCUT2D eigenvalue weighted by Crippen LogP contribution is 2.43. The quantitative estimate of drug-likeness (QED) is 0.400. The van der Waals surface area contributed by atoms with E-state index >= 15 is 0 Å². The van der Waals surface area contributed by atoms with Gasteiger partial charge in [0.15, 0.2) is 11.5 Å². The molecule has 1 aliphatic heterocycles. The maximum Gasteiger partial charge on any atom is 0.326 e. The van der Waals surface area contributed by atoms with Gasteiger partial charge in [-0.05, 0) is 56.5 Å². The van der Waals surface area contributed by atoms with Crippen molar-refractivity contribution in [3.05, 3.63) is 38.9 Å². The van der Waals surface area contributed by atoms with Crippen LogP contribution in [-0.4, -0.2) is 25.2 Å². The Labute approximate surface area is 150 Å². The zero-order chi connectivity index (χ0) is 17.0. The van der Waals surface area contributed by atoms with Gasteiger partial charge in [-0.25, -0.2) is 4.79 Å². The van der Waals surface area contributed by atoms with Gasteiger partial charge in [-0.3, -0.25) is 10.1 Å². The molecule has 1 aromatic rings. The lowest BCUT2D eigenvalue weighted by atomic mass is 10.1. The van der Waals surface area contributed by atoms with Crippen molar-refractivity contribution in [1.82, 2.24) is 10.6 Å². The van der Waals surface area contributed by atoms with Gasteiger partial charge in [-0.1, -0.05) is 12.7 Å². The molecular weight excluding hydrogens is 432 g/mol. The number of rotatable bonds is 6. The van der Waals surface area contributed by atoms with Crippen molar-refractivity contribution in [2.24, 2.45) is 0 Å². The molecule has 6 nitrogen and oxygen atoms in total. The van der Waals surface area contributed by atoms with Gasteiger partial charge in [-0.15, -0.1) is 0 Å². The second kappa shape index (κ2) is 7.65. The van der Waals surface area contributed by atoms with Crippen molar-refractivity contribution in [2.45, 2.75) is 6.92 Å². The summed E-state index contributed by atoms with van der Waals surface area (Å²) in [6.07, 6.45) is 3.18. The van der Waals surface area contributed by atoms with Crippen LogP contribution in [0.25, 0.3) is 6.08 Å². The molecule has 0 atom stereocenters. The van der Waals surface area contributed by atoms with Gasteiger partial charge in [-0.2, -0.15) is 0 Å². The molecule has 0 aromatic heterocycles. The summed E-state index contributed by atoms with van der Waals surface area (Å²) in [5, 5.41) is 4.59. The van der Waals surface area contributed by atoms with Crippen LogP contribution in [0, 0.1) is 0 Å². The van der Waals surface area contributed by atoms with E-state index < -0.39 is 11.9 Å². The lowest BCUT2D eigenvalue weighted by molar-refractivity contribution is -0.115. The Bertz CT molecular complexity index is 701. The molecule has 122 valence electrons. The molecular formula is C15H14Br2N2O4. The molecule has 1 aliphatic rings. The number of hydrogen-bond donors (Lipinski definition) is 2. The van der Waals surface area contributed by atoms with Crippen LogP contribution in [0.1, 0.15) is 12.5 Å². The first-order chi connectivity index (χ1) is 11.0. The molecule has 23 heavy (non-hydrogen) atoms. The van der Waals surface area contributed by atoms with E-state index in [1.54, 1.807) is 18.2 Å². The maximum atomic E-state index is 11.6. The fraction of sp³-hybridized carbons (Fsp3) is 0.200. The molecule has 0 unspecified atom stereocenters. The predicted octanol–water partition coefficient (Wildman–Crippen LogP) is 3.36. The summed E-state index contributed by atoms with van der Waals surface area (Å²) in [5.41, 5.74) is 0.809. The molecule has 2 N–H and O–H groups in total. The molecule has 0 aliphatic carbocycles. The Balaban J connectivity index is 2.48. The van der Waals surface area contributed by atoms with Gasteiger partial charge in [0.25, 0.3) is 5.91 Å². The zero-order valence-electron chi connectivity index (χ0n) is 12.2. The van der Waals surface area contributed by atoms with E-state index in [9.17, 15) is 9.59 Å². The number of ether oxygens (including phenoxy) is 2. The Hall–Kier alpha value is -1.80. The third-order valence-corrected chi connectivity index (χ3v) is 4.96. The average molecular weight is 446 g/mol. The van der Waals surface area contributed by atoms with E-state index in [0.29, 0.717) is 39.2 Å². The van der Waals surface area contributed by atoms with Crippen LogP contribution in [0.3, 0.4) is 0 Å². The van der Waals surface area contributed by atoms with Crippen molar-refractivity contribution in [3.63, 3.8) is 0 Å². The molecule has 1 aromatic carbocycles. The lowest BCUT2D eigenvalue weighted by Gasteiger charge is -2.15. The number of imide groups is 1. The number of amides is 3. The number of hydrogen-bond acceptors (Lipinski definition) is 4. The van der Waals surface area contributed by atoms with Crippen LogP contribution in [0.15, 0.2) is 33.4 Å². The molecule has 0 spiro atoms. The normalized spacial score (nSPS) is 15.3. The molecule has 8 heteroatoms. The smallest absolute Gasteiger partial charge is 0.326 e. The summed E-state index contributed by atoms with van der Waals surface area (Å²) in [5.74, 6) is 0.560. The minimum Gasteiger partial charge on any atom is -0.490 e. The summed E-state index contributed by atoms with van der Waals surface area (Å²) < 4.78 is 12.5. The predicted molar refractivity (Wildman–Crippen MR) is 93.4 cm³/mol. The third-order valence-electron chi connectivity index (χ3n) is 2.82. The first-order valence-electron chi connectivity index (χ1n) is 6.70. The van der Waals surface area contributed by atoms with Crippen LogP contribution in [0.5, 0.6) is 11.5 Å². The van der Waals surface area contributed by atoms with Crippen LogP contribution < -0.4 is 20.1 Å². The summed E-state index contributed by atoms with van der Waals surface area (Å²) in [4.78, 5) is 22.8. The first kappa shape index (κ1) is 17.6. The maximum absolute atomic E-state index is 11.6. The summed E-state index contributed by atoms with van der Waals surface area (Å²) in [6, 6.07) is 1.18. The monoisotopic (exact) mass is 444 g/mol.